The number of hydrogen-bond donors (Lipinski definition) is 2. The van der Waals surface area contributed by atoms with Crippen molar-refractivity contribution in [1.29, 1.82) is 0 Å². The molecule has 0 radical (unpaired) electrons. The highest BCUT2D eigenvalue weighted by molar-refractivity contribution is 5.89. The summed E-state index contributed by atoms with van der Waals surface area (Å²) >= 11 is 0. The van der Waals surface area contributed by atoms with Gasteiger partial charge in [0.1, 0.15) is 30.2 Å². The van der Waals surface area contributed by atoms with Crippen LogP contribution in [0.1, 0.15) is 91.7 Å². The zero-order valence-corrected chi connectivity index (χ0v) is 28.9. The van der Waals surface area contributed by atoms with Gasteiger partial charge in [0.25, 0.3) is 0 Å². The van der Waals surface area contributed by atoms with Crippen molar-refractivity contribution in [1.82, 2.24) is 25.1 Å². The largest absolute Gasteiger partial charge is 0.456 e. The first-order valence-corrected chi connectivity index (χ1v) is 17.4. The predicted molar refractivity (Wildman–Crippen MR) is 185 cm³/mol. The second kappa shape index (κ2) is 14.9. The molecule has 1 aliphatic carbocycles. The standard InChI is InChI=1S/C38H47N5O6/c1-25(2)21-30(40-37(46)43-19-20-48-38(43)17-11-6-12-18-38)34(44)39-31(22-28-23-42(4)32-16-10-9-15-29(28)32)35-41-33(26(3)49-35)36(45)47-24-27-13-7-5-8-14-27/h5,7-10,13-16,23,25,30-31H,6,11-12,17-22,24H2,1-4H3,(H,39,44)(H,40,46)/t30-,31+/m0/s1. The Balaban J connectivity index is 1.25. The third-order valence-electron chi connectivity index (χ3n) is 9.62. The van der Waals surface area contributed by atoms with Gasteiger partial charge in [-0.05, 0) is 62.1 Å². The molecule has 0 bridgehead atoms. The number of fused-ring (bicyclic) bond motifs is 1. The first-order valence-electron chi connectivity index (χ1n) is 17.4. The van der Waals surface area contributed by atoms with E-state index in [4.69, 9.17) is 13.9 Å². The number of carbonyl (C=O) groups is 3. The summed E-state index contributed by atoms with van der Waals surface area (Å²) in [5.74, 6) is -0.352. The molecule has 1 saturated carbocycles. The van der Waals surface area contributed by atoms with Crippen LogP contribution in [0.5, 0.6) is 0 Å². The molecule has 11 heteroatoms. The summed E-state index contributed by atoms with van der Waals surface area (Å²) in [6.45, 7) is 6.77. The maximum absolute atomic E-state index is 14.2. The van der Waals surface area contributed by atoms with E-state index in [2.05, 4.69) is 15.6 Å². The van der Waals surface area contributed by atoms with Crippen molar-refractivity contribution in [2.45, 2.75) is 90.1 Å². The lowest BCUT2D eigenvalue weighted by Gasteiger charge is -2.40. The molecule has 2 atom stereocenters. The summed E-state index contributed by atoms with van der Waals surface area (Å²) in [4.78, 5) is 47.5. The van der Waals surface area contributed by atoms with E-state index in [-0.39, 0.29) is 36.0 Å². The molecule has 2 N–H and O–H groups in total. The number of aromatic nitrogens is 2. The number of benzene rings is 2. The van der Waals surface area contributed by atoms with E-state index in [0.717, 1.165) is 54.1 Å². The van der Waals surface area contributed by atoms with Crippen LogP contribution < -0.4 is 10.6 Å². The number of rotatable bonds is 11. The topological polar surface area (TPSA) is 128 Å². The minimum absolute atomic E-state index is 0.0574. The first-order chi connectivity index (χ1) is 23.6. The SMILES string of the molecule is Cc1oc([C@@H](Cc2cn(C)c3ccccc23)NC(=O)[C@H](CC(C)C)NC(=O)N2CCOC23CCCCC3)nc1C(=O)OCc1ccccc1. The van der Waals surface area contributed by atoms with Gasteiger partial charge in [-0.1, -0.05) is 68.8 Å². The molecule has 11 nitrogen and oxygen atoms in total. The minimum Gasteiger partial charge on any atom is -0.456 e. The Bertz CT molecular complexity index is 1770. The van der Waals surface area contributed by atoms with Gasteiger partial charge in [-0.2, -0.15) is 0 Å². The Kier molecular flexibility index (Phi) is 10.4. The van der Waals surface area contributed by atoms with E-state index in [0.29, 0.717) is 31.8 Å². The predicted octanol–water partition coefficient (Wildman–Crippen LogP) is 6.35. The van der Waals surface area contributed by atoms with E-state index in [9.17, 15) is 14.4 Å². The van der Waals surface area contributed by atoms with Gasteiger partial charge >= 0.3 is 12.0 Å². The zero-order valence-electron chi connectivity index (χ0n) is 28.9. The van der Waals surface area contributed by atoms with Gasteiger partial charge in [0.2, 0.25) is 11.8 Å². The lowest BCUT2D eigenvalue weighted by molar-refractivity contribution is -0.124. The third kappa shape index (κ3) is 7.67. The Morgan fingerprint density at radius 2 is 1.73 bits per heavy atom. The number of urea groups is 1. The second-order valence-corrected chi connectivity index (χ2v) is 13.7. The van der Waals surface area contributed by atoms with Crippen LogP contribution in [0.25, 0.3) is 10.9 Å². The van der Waals surface area contributed by atoms with Crippen LogP contribution in [0, 0.1) is 12.8 Å². The fourth-order valence-corrected chi connectivity index (χ4v) is 7.17. The molecule has 4 aromatic rings. The van der Waals surface area contributed by atoms with Crippen LogP contribution >= 0.6 is 0 Å². The van der Waals surface area contributed by atoms with E-state index >= 15 is 0 Å². The summed E-state index contributed by atoms with van der Waals surface area (Å²) in [5.41, 5.74) is 2.34. The molecule has 1 saturated heterocycles. The molecule has 1 aliphatic heterocycles. The third-order valence-corrected chi connectivity index (χ3v) is 9.62. The Hall–Kier alpha value is -4.64. The Morgan fingerprint density at radius 3 is 2.49 bits per heavy atom. The number of carbonyl (C=O) groups excluding carboxylic acids is 3. The van der Waals surface area contributed by atoms with Crippen LogP contribution in [0.4, 0.5) is 4.79 Å². The number of hydrogen-bond acceptors (Lipinski definition) is 7. The van der Waals surface area contributed by atoms with Crippen molar-refractivity contribution in [3.05, 3.63) is 89.3 Å². The van der Waals surface area contributed by atoms with Crippen LogP contribution in [-0.2, 0) is 34.3 Å². The average molecular weight is 670 g/mol. The molecule has 0 unspecified atom stereocenters. The highest BCUT2D eigenvalue weighted by atomic mass is 16.5. The maximum Gasteiger partial charge on any atom is 0.360 e. The van der Waals surface area contributed by atoms with Gasteiger partial charge in [0.05, 0.1) is 6.61 Å². The monoisotopic (exact) mass is 669 g/mol. The molecule has 49 heavy (non-hydrogen) atoms. The maximum atomic E-state index is 14.2. The normalized spacial score (nSPS) is 17.0. The molecule has 2 aliphatic rings. The van der Waals surface area contributed by atoms with Crippen LogP contribution in [0.2, 0.25) is 0 Å². The summed E-state index contributed by atoms with van der Waals surface area (Å²) in [6, 6.07) is 15.6. The van der Waals surface area contributed by atoms with Crippen molar-refractivity contribution in [3.63, 3.8) is 0 Å². The Labute approximate surface area is 287 Å². The lowest BCUT2D eigenvalue weighted by Crippen LogP contribution is -2.57. The van der Waals surface area contributed by atoms with Crippen molar-refractivity contribution in [2.75, 3.05) is 13.2 Å². The van der Waals surface area contributed by atoms with Gasteiger partial charge in [0, 0.05) is 37.1 Å². The first kappa shape index (κ1) is 34.2. The van der Waals surface area contributed by atoms with E-state index in [1.54, 1.807) is 11.8 Å². The molecular formula is C38H47N5O6. The fourth-order valence-electron chi connectivity index (χ4n) is 7.17. The number of ether oxygens (including phenoxy) is 2. The molecule has 260 valence electrons. The molecule has 3 amide bonds. The van der Waals surface area contributed by atoms with Gasteiger partial charge in [-0.3, -0.25) is 9.69 Å². The van der Waals surface area contributed by atoms with E-state index in [1.165, 1.54) is 0 Å². The molecule has 2 aromatic carbocycles. The zero-order chi connectivity index (χ0) is 34.5. The summed E-state index contributed by atoms with van der Waals surface area (Å²) in [7, 11) is 1.98. The minimum atomic E-state index is -0.810. The van der Waals surface area contributed by atoms with E-state index in [1.807, 2.05) is 86.3 Å². The lowest BCUT2D eigenvalue weighted by atomic mass is 9.91. The average Bonchev–Trinajstić information content (AvgIpc) is 3.78. The number of oxazole rings is 1. The molecule has 1 spiro atoms. The van der Waals surface area contributed by atoms with Gasteiger partial charge in [0.15, 0.2) is 5.69 Å². The van der Waals surface area contributed by atoms with Gasteiger partial charge in [-0.15, -0.1) is 0 Å². The number of nitrogens with one attached hydrogen (secondary N) is 2. The molecule has 3 heterocycles. The van der Waals surface area contributed by atoms with Crippen LogP contribution in [0.3, 0.4) is 0 Å². The van der Waals surface area contributed by atoms with Gasteiger partial charge < -0.3 is 29.1 Å². The number of nitrogens with zero attached hydrogens (tertiary/aromatic N) is 3. The number of esters is 1. The molecule has 6 rings (SSSR count). The van der Waals surface area contributed by atoms with Crippen molar-refractivity contribution < 1.29 is 28.3 Å². The Morgan fingerprint density at radius 1 is 1.00 bits per heavy atom. The molecule has 2 fully saturated rings. The van der Waals surface area contributed by atoms with Crippen LogP contribution in [-0.4, -0.2) is 57.3 Å². The molecule has 2 aromatic heterocycles. The van der Waals surface area contributed by atoms with Crippen LogP contribution in [0.15, 0.2) is 65.2 Å². The summed E-state index contributed by atoms with van der Waals surface area (Å²) in [6.07, 6.45) is 7.55. The second-order valence-electron chi connectivity index (χ2n) is 13.7. The van der Waals surface area contributed by atoms with E-state index < -0.39 is 23.8 Å². The fraction of sp³-hybridized carbons (Fsp3) is 0.474. The summed E-state index contributed by atoms with van der Waals surface area (Å²) < 4.78 is 19.8. The number of amides is 3. The number of para-hydroxylation sites is 1. The van der Waals surface area contributed by atoms with Gasteiger partial charge in [-0.25, -0.2) is 14.6 Å². The number of aryl methyl sites for hydroxylation is 2. The molecular weight excluding hydrogens is 622 g/mol. The van der Waals surface area contributed by atoms with Crippen molar-refractivity contribution >= 4 is 28.8 Å². The van der Waals surface area contributed by atoms with Crippen molar-refractivity contribution in [3.8, 4) is 0 Å². The smallest absolute Gasteiger partial charge is 0.360 e. The highest BCUT2D eigenvalue weighted by Crippen LogP contribution is 2.38. The summed E-state index contributed by atoms with van der Waals surface area (Å²) in [5, 5.41) is 7.23. The quantitative estimate of drug-likeness (QED) is 0.178. The highest BCUT2D eigenvalue weighted by Gasteiger charge is 2.46. The van der Waals surface area contributed by atoms with Crippen molar-refractivity contribution in [2.24, 2.45) is 13.0 Å².